The van der Waals surface area contributed by atoms with Gasteiger partial charge in [0, 0.05) is 32.8 Å². The molecule has 1 fully saturated rings. The second kappa shape index (κ2) is 7.57. The zero-order valence-corrected chi connectivity index (χ0v) is 13.7. The fourth-order valence-corrected chi connectivity index (χ4v) is 2.35. The van der Waals surface area contributed by atoms with Crippen molar-refractivity contribution in [1.82, 2.24) is 9.80 Å². The Hall–Kier alpha value is -1.92. The lowest BCUT2D eigenvalue weighted by Crippen LogP contribution is -2.41. The molecule has 124 valence electrons. The minimum atomic E-state index is -0.496. The summed E-state index contributed by atoms with van der Waals surface area (Å²) in [6.07, 6.45) is 2.12. The van der Waals surface area contributed by atoms with Crippen molar-refractivity contribution in [3.05, 3.63) is 46.8 Å². The average molecular weight is 341 g/mol. The molecule has 1 aliphatic heterocycles. The van der Waals surface area contributed by atoms with Gasteiger partial charge in [0.15, 0.2) is 0 Å². The largest absolute Gasteiger partial charge is 0.370 e. The molecule has 0 spiro atoms. The van der Waals surface area contributed by atoms with Gasteiger partial charge >= 0.3 is 0 Å². The summed E-state index contributed by atoms with van der Waals surface area (Å²) in [5, 5.41) is 0.0195. The average Bonchev–Trinajstić information content (AvgIpc) is 2.54. The van der Waals surface area contributed by atoms with Crippen LogP contribution in [0.5, 0.6) is 0 Å². The number of likely N-dealkylation sites (N-methyl/N-ethyl adjacent to an activating group) is 1. The highest BCUT2D eigenvalue weighted by Crippen LogP contribution is 2.26. The molecule has 1 aliphatic rings. The number of benzene rings is 1. The summed E-state index contributed by atoms with van der Waals surface area (Å²) in [5.74, 6) is -1.01. The van der Waals surface area contributed by atoms with Gasteiger partial charge in [0.25, 0.3) is 0 Å². The third-order valence-electron chi connectivity index (χ3n) is 3.50. The highest BCUT2D eigenvalue weighted by atomic mass is 35.5. The van der Waals surface area contributed by atoms with Crippen LogP contribution in [0.4, 0.5) is 4.39 Å². The molecule has 5 nitrogen and oxygen atoms in total. The molecule has 0 N–H and O–H groups in total. The molecule has 1 heterocycles. The van der Waals surface area contributed by atoms with E-state index < -0.39 is 5.82 Å². The summed E-state index contributed by atoms with van der Waals surface area (Å²) in [4.78, 5) is 26.6. The molecule has 23 heavy (non-hydrogen) atoms. The van der Waals surface area contributed by atoms with E-state index in [0.717, 1.165) is 0 Å². The molecular weight excluding hydrogens is 323 g/mol. The van der Waals surface area contributed by atoms with E-state index in [4.69, 9.17) is 16.3 Å². The molecule has 0 saturated carbocycles. The van der Waals surface area contributed by atoms with Gasteiger partial charge in [0.05, 0.1) is 18.2 Å². The summed E-state index contributed by atoms with van der Waals surface area (Å²) >= 11 is 5.78. The van der Waals surface area contributed by atoms with E-state index in [9.17, 15) is 14.0 Å². The second-order valence-electron chi connectivity index (χ2n) is 5.38. The Morgan fingerprint density at radius 2 is 2.13 bits per heavy atom. The summed E-state index contributed by atoms with van der Waals surface area (Å²) in [7, 11) is 3.22. The van der Waals surface area contributed by atoms with Crippen molar-refractivity contribution < 1.29 is 18.7 Å². The summed E-state index contributed by atoms with van der Waals surface area (Å²) in [6.45, 7) is 1.12. The van der Waals surface area contributed by atoms with E-state index in [1.165, 1.54) is 29.2 Å². The van der Waals surface area contributed by atoms with Crippen molar-refractivity contribution in [2.45, 2.75) is 6.10 Å². The molecule has 0 aliphatic carbocycles. The predicted octanol–water partition coefficient (Wildman–Crippen LogP) is 2.02. The van der Waals surface area contributed by atoms with Crippen molar-refractivity contribution in [2.75, 3.05) is 33.8 Å². The van der Waals surface area contributed by atoms with Crippen LogP contribution in [0.1, 0.15) is 11.7 Å². The number of hydrogen-bond acceptors (Lipinski definition) is 3. The Kier molecular flexibility index (Phi) is 5.74. The van der Waals surface area contributed by atoms with Crippen molar-refractivity contribution in [3.63, 3.8) is 0 Å². The molecule has 0 radical (unpaired) electrons. The summed E-state index contributed by atoms with van der Waals surface area (Å²) in [5.41, 5.74) is 0.710. The van der Waals surface area contributed by atoms with Crippen LogP contribution in [0.15, 0.2) is 30.4 Å². The maximum Gasteiger partial charge on any atom is 0.246 e. The van der Waals surface area contributed by atoms with Crippen LogP contribution < -0.4 is 0 Å². The number of carbonyl (C=O) groups excluding carboxylic acids is 2. The zero-order chi connectivity index (χ0) is 17.0. The van der Waals surface area contributed by atoms with Crippen LogP contribution >= 0.6 is 11.6 Å². The van der Waals surface area contributed by atoms with Gasteiger partial charge < -0.3 is 14.5 Å². The predicted molar refractivity (Wildman–Crippen MR) is 84.5 cm³/mol. The molecule has 1 aromatic carbocycles. The van der Waals surface area contributed by atoms with Gasteiger partial charge in [-0.2, -0.15) is 0 Å². The molecule has 2 rings (SSSR count). The van der Waals surface area contributed by atoms with E-state index in [-0.39, 0.29) is 22.9 Å². The zero-order valence-electron chi connectivity index (χ0n) is 13.0. The lowest BCUT2D eigenvalue weighted by Gasteiger charge is -2.32. The molecule has 7 heteroatoms. The highest BCUT2D eigenvalue weighted by Gasteiger charge is 2.25. The fourth-order valence-electron chi connectivity index (χ4n) is 2.16. The minimum absolute atomic E-state index is 0.0195. The van der Waals surface area contributed by atoms with Crippen LogP contribution in [0, 0.1) is 5.82 Å². The SMILES string of the molecule is CN(C)C(=O)/C=C/C(=O)N1CCOC(c2ccc(F)c(Cl)c2)C1. The van der Waals surface area contributed by atoms with Crippen molar-refractivity contribution in [1.29, 1.82) is 0 Å². The minimum Gasteiger partial charge on any atom is -0.370 e. The monoisotopic (exact) mass is 340 g/mol. The van der Waals surface area contributed by atoms with Crippen molar-refractivity contribution >= 4 is 23.4 Å². The lowest BCUT2D eigenvalue weighted by molar-refractivity contribution is -0.134. The molecule has 0 aromatic heterocycles. The molecule has 1 atom stereocenters. The first-order chi connectivity index (χ1) is 10.9. The number of carbonyl (C=O) groups is 2. The number of rotatable bonds is 3. The molecule has 1 saturated heterocycles. The van der Waals surface area contributed by atoms with Gasteiger partial charge in [-0.1, -0.05) is 17.7 Å². The third kappa shape index (κ3) is 4.53. The standard InChI is InChI=1S/C16H18ClFN2O3/c1-19(2)15(21)5-6-16(22)20-7-8-23-14(10-20)11-3-4-13(18)12(17)9-11/h3-6,9,14H,7-8,10H2,1-2H3/b6-5+. The summed E-state index contributed by atoms with van der Waals surface area (Å²) in [6, 6.07) is 4.36. The first-order valence-electron chi connectivity index (χ1n) is 7.13. The molecule has 2 amide bonds. The first-order valence-corrected chi connectivity index (χ1v) is 7.51. The van der Waals surface area contributed by atoms with Crippen LogP contribution in [0.2, 0.25) is 5.02 Å². The Bertz CT molecular complexity index is 634. The van der Waals surface area contributed by atoms with Crippen molar-refractivity contribution in [3.8, 4) is 0 Å². The summed E-state index contributed by atoms with van der Waals surface area (Å²) < 4.78 is 18.9. The second-order valence-corrected chi connectivity index (χ2v) is 5.79. The molecular formula is C16H18ClFN2O3. The van der Waals surface area contributed by atoms with E-state index in [2.05, 4.69) is 0 Å². The van der Waals surface area contributed by atoms with E-state index in [0.29, 0.717) is 25.3 Å². The van der Waals surface area contributed by atoms with Crippen LogP contribution in [0.25, 0.3) is 0 Å². The number of amides is 2. The number of morpholine rings is 1. The van der Waals surface area contributed by atoms with Gasteiger partial charge in [-0.05, 0) is 17.7 Å². The van der Waals surface area contributed by atoms with Crippen LogP contribution in [-0.2, 0) is 14.3 Å². The Labute approximate surface area is 139 Å². The fraction of sp³-hybridized carbons (Fsp3) is 0.375. The molecule has 0 bridgehead atoms. The quantitative estimate of drug-likeness (QED) is 0.791. The number of ether oxygens (including phenoxy) is 1. The third-order valence-corrected chi connectivity index (χ3v) is 3.79. The highest BCUT2D eigenvalue weighted by molar-refractivity contribution is 6.30. The Morgan fingerprint density at radius 3 is 2.78 bits per heavy atom. The van der Waals surface area contributed by atoms with E-state index in [1.54, 1.807) is 25.1 Å². The topological polar surface area (TPSA) is 49.9 Å². The number of halogens is 2. The van der Waals surface area contributed by atoms with Gasteiger partial charge in [0.1, 0.15) is 11.9 Å². The van der Waals surface area contributed by atoms with Crippen molar-refractivity contribution in [2.24, 2.45) is 0 Å². The number of hydrogen-bond donors (Lipinski definition) is 0. The first kappa shape index (κ1) is 17.4. The van der Waals surface area contributed by atoms with Gasteiger partial charge in [0.2, 0.25) is 11.8 Å². The van der Waals surface area contributed by atoms with Crippen LogP contribution in [0.3, 0.4) is 0 Å². The molecule has 1 aromatic rings. The van der Waals surface area contributed by atoms with E-state index in [1.807, 2.05) is 0 Å². The number of nitrogens with zero attached hydrogens (tertiary/aromatic N) is 2. The van der Waals surface area contributed by atoms with Gasteiger partial charge in [-0.15, -0.1) is 0 Å². The maximum absolute atomic E-state index is 13.2. The van der Waals surface area contributed by atoms with Gasteiger partial charge in [-0.3, -0.25) is 9.59 Å². The Morgan fingerprint density at radius 1 is 1.39 bits per heavy atom. The lowest BCUT2D eigenvalue weighted by atomic mass is 10.1. The van der Waals surface area contributed by atoms with Crippen LogP contribution in [-0.4, -0.2) is 55.4 Å². The normalized spacial score (nSPS) is 18.3. The van der Waals surface area contributed by atoms with Gasteiger partial charge in [-0.25, -0.2) is 4.39 Å². The molecule has 1 unspecified atom stereocenters. The smallest absolute Gasteiger partial charge is 0.246 e. The maximum atomic E-state index is 13.2. The van der Waals surface area contributed by atoms with E-state index >= 15 is 0 Å². The Balaban J connectivity index is 2.04.